The van der Waals surface area contributed by atoms with Crippen molar-refractivity contribution in [2.45, 2.75) is 19.4 Å². The van der Waals surface area contributed by atoms with Crippen LogP contribution in [0.3, 0.4) is 0 Å². The van der Waals surface area contributed by atoms with Crippen LogP contribution in [-0.4, -0.2) is 56.8 Å². The first-order valence-electron chi connectivity index (χ1n) is 5.01. The van der Waals surface area contributed by atoms with Gasteiger partial charge in [0.15, 0.2) is 0 Å². The summed E-state index contributed by atoms with van der Waals surface area (Å²) >= 11 is 0. The summed E-state index contributed by atoms with van der Waals surface area (Å²) in [6.45, 7) is 5.73. The van der Waals surface area contributed by atoms with Gasteiger partial charge in [-0.15, -0.1) is 12.4 Å². The zero-order valence-electron chi connectivity index (χ0n) is 8.92. The van der Waals surface area contributed by atoms with Crippen molar-refractivity contribution in [3.63, 3.8) is 0 Å². The number of alkyl halides is 2. The van der Waals surface area contributed by atoms with E-state index < -0.39 is 13.0 Å². The average Bonchev–Trinajstić information content (AvgIpc) is 2.15. The highest BCUT2D eigenvalue weighted by Gasteiger charge is 2.16. The quantitative estimate of drug-likeness (QED) is 0.730. The molecule has 0 aromatic carbocycles. The third kappa shape index (κ3) is 6.25. The second-order valence-electron chi connectivity index (χ2n) is 3.56. The molecule has 1 aliphatic heterocycles. The number of rotatable bonds is 5. The molecule has 0 aromatic heterocycles. The van der Waals surface area contributed by atoms with Crippen molar-refractivity contribution in [1.82, 2.24) is 10.2 Å². The summed E-state index contributed by atoms with van der Waals surface area (Å²) in [7, 11) is 0. The summed E-state index contributed by atoms with van der Waals surface area (Å²) in [6.07, 6.45) is -2.35. The van der Waals surface area contributed by atoms with E-state index in [2.05, 4.69) is 17.1 Å². The Hall–Kier alpha value is 0.0300. The summed E-state index contributed by atoms with van der Waals surface area (Å²) in [4.78, 5) is 2.25. The Balaban J connectivity index is 0.00000196. The lowest BCUT2D eigenvalue weighted by Gasteiger charge is -2.33. The van der Waals surface area contributed by atoms with E-state index in [0.29, 0.717) is 12.6 Å². The number of hydrogen-bond acceptors (Lipinski definition) is 3. The molecule has 0 radical (unpaired) electrons. The number of nitrogens with zero attached hydrogens (tertiary/aromatic N) is 1. The first kappa shape index (κ1) is 15.0. The van der Waals surface area contributed by atoms with Gasteiger partial charge in [0.25, 0.3) is 6.43 Å². The van der Waals surface area contributed by atoms with Crippen LogP contribution < -0.4 is 5.32 Å². The van der Waals surface area contributed by atoms with Crippen molar-refractivity contribution < 1.29 is 13.5 Å². The molecule has 0 aromatic rings. The lowest BCUT2D eigenvalue weighted by Crippen LogP contribution is -2.50. The third-order valence-electron chi connectivity index (χ3n) is 2.41. The van der Waals surface area contributed by atoms with Gasteiger partial charge in [-0.3, -0.25) is 4.90 Å². The third-order valence-corrected chi connectivity index (χ3v) is 2.41. The van der Waals surface area contributed by atoms with E-state index in [0.717, 1.165) is 26.2 Å². The molecule has 1 fully saturated rings. The standard InChI is InChI=1S/C9H18F2N2O.ClH/c1-8-6-12-2-3-13(8)4-5-14-7-9(10)11;/h8-9,12H,2-7H2,1H3;1H/t8-;/m1./s1. The Morgan fingerprint density at radius 1 is 1.53 bits per heavy atom. The maximum absolute atomic E-state index is 11.7. The fourth-order valence-corrected chi connectivity index (χ4v) is 1.57. The topological polar surface area (TPSA) is 24.5 Å². The van der Waals surface area contributed by atoms with Crippen LogP contribution in [0.1, 0.15) is 6.92 Å². The molecular weight excluding hydrogens is 226 g/mol. The van der Waals surface area contributed by atoms with Gasteiger partial charge in [0.05, 0.1) is 6.61 Å². The van der Waals surface area contributed by atoms with Crippen LogP contribution in [0.4, 0.5) is 8.78 Å². The lowest BCUT2D eigenvalue weighted by molar-refractivity contribution is 0.00487. The van der Waals surface area contributed by atoms with Crippen LogP contribution in [0.15, 0.2) is 0 Å². The van der Waals surface area contributed by atoms with E-state index >= 15 is 0 Å². The molecule has 6 heteroatoms. The van der Waals surface area contributed by atoms with E-state index in [1.54, 1.807) is 0 Å². The van der Waals surface area contributed by atoms with Gasteiger partial charge in [-0.2, -0.15) is 0 Å². The van der Waals surface area contributed by atoms with E-state index in [-0.39, 0.29) is 12.4 Å². The van der Waals surface area contributed by atoms with Gasteiger partial charge in [0, 0.05) is 32.2 Å². The minimum Gasteiger partial charge on any atom is -0.374 e. The minimum atomic E-state index is -2.35. The van der Waals surface area contributed by atoms with Crippen LogP contribution in [0, 0.1) is 0 Å². The maximum Gasteiger partial charge on any atom is 0.261 e. The number of ether oxygens (including phenoxy) is 1. The average molecular weight is 245 g/mol. The molecule has 1 aliphatic rings. The van der Waals surface area contributed by atoms with Crippen molar-refractivity contribution >= 4 is 12.4 Å². The molecule has 0 spiro atoms. The highest BCUT2D eigenvalue weighted by Crippen LogP contribution is 2.01. The first-order valence-corrected chi connectivity index (χ1v) is 5.01. The number of nitrogens with one attached hydrogen (secondary N) is 1. The second-order valence-corrected chi connectivity index (χ2v) is 3.56. The molecule has 1 N–H and O–H groups in total. The number of hydrogen-bond donors (Lipinski definition) is 1. The van der Waals surface area contributed by atoms with Crippen molar-refractivity contribution in [3.05, 3.63) is 0 Å². The highest BCUT2D eigenvalue weighted by molar-refractivity contribution is 5.85. The summed E-state index contributed by atoms with van der Waals surface area (Å²) in [5.41, 5.74) is 0. The Bertz CT molecular complexity index is 163. The molecule has 0 unspecified atom stereocenters. The van der Waals surface area contributed by atoms with Crippen molar-refractivity contribution in [1.29, 1.82) is 0 Å². The SMILES string of the molecule is C[C@@H]1CNCCN1CCOCC(F)F.Cl. The smallest absolute Gasteiger partial charge is 0.261 e. The number of halogens is 3. The van der Waals surface area contributed by atoms with Gasteiger partial charge < -0.3 is 10.1 Å². The molecule has 1 heterocycles. The first-order chi connectivity index (χ1) is 6.70. The molecule has 0 aliphatic carbocycles. The number of piperazine rings is 1. The summed E-state index contributed by atoms with van der Waals surface area (Å²) in [5.74, 6) is 0. The zero-order valence-corrected chi connectivity index (χ0v) is 9.73. The van der Waals surface area contributed by atoms with Crippen LogP contribution in [0.25, 0.3) is 0 Å². The van der Waals surface area contributed by atoms with Gasteiger partial charge in [0.2, 0.25) is 0 Å². The summed E-state index contributed by atoms with van der Waals surface area (Å²) in [5, 5.41) is 3.27. The maximum atomic E-state index is 11.7. The van der Waals surface area contributed by atoms with E-state index in [1.807, 2.05) is 0 Å². The van der Waals surface area contributed by atoms with E-state index in [9.17, 15) is 8.78 Å². The van der Waals surface area contributed by atoms with Crippen LogP contribution >= 0.6 is 12.4 Å². The normalized spacial score (nSPS) is 22.8. The van der Waals surface area contributed by atoms with Crippen LogP contribution in [-0.2, 0) is 4.74 Å². The molecule has 1 saturated heterocycles. The fourth-order valence-electron chi connectivity index (χ4n) is 1.57. The monoisotopic (exact) mass is 244 g/mol. The van der Waals surface area contributed by atoms with Gasteiger partial charge in [-0.05, 0) is 6.92 Å². The van der Waals surface area contributed by atoms with Crippen LogP contribution in [0.5, 0.6) is 0 Å². The fraction of sp³-hybridized carbons (Fsp3) is 1.00. The van der Waals surface area contributed by atoms with Gasteiger partial charge in [-0.25, -0.2) is 8.78 Å². The van der Waals surface area contributed by atoms with Gasteiger partial charge in [-0.1, -0.05) is 0 Å². The Morgan fingerprint density at radius 3 is 2.87 bits per heavy atom. The van der Waals surface area contributed by atoms with E-state index in [4.69, 9.17) is 4.74 Å². The molecule has 3 nitrogen and oxygen atoms in total. The predicted octanol–water partition coefficient (Wildman–Crippen LogP) is 0.984. The molecule has 15 heavy (non-hydrogen) atoms. The molecule has 1 atom stereocenters. The molecule has 0 amide bonds. The molecule has 0 saturated carbocycles. The highest BCUT2D eigenvalue weighted by atomic mass is 35.5. The molecule has 1 rings (SSSR count). The molecular formula is C9H19ClF2N2O. The van der Waals surface area contributed by atoms with Gasteiger partial charge in [0.1, 0.15) is 6.61 Å². The molecule has 0 bridgehead atoms. The van der Waals surface area contributed by atoms with Gasteiger partial charge >= 0.3 is 0 Å². The van der Waals surface area contributed by atoms with Crippen LogP contribution in [0.2, 0.25) is 0 Å². The Kier molecular flexibility index (Phi) is 8.23. The summed E-state index contributed by atoms with van der Waals surface area (Å²) in [6, 6.07) is 0.471. The van der Waals surface area contributed by atoms with Crippen molar-refractivity contribution in [2.75, 3.05) is 39.4 Å². The second kappa shape index (κ2) is 8.21. The Morgan fingerprint density at radius 2 is 2.27 bits per heavy atom. The van der Waals surface area contributed by atoms with Crippen molar-refractivity contribution in [2.24, 2.45) is 0 Å². The summed E-state index contributed by atoms with van der Waals surface area (Å²) < 4.78 is 28.3. The van der Waals surface area contributed by atoms with Crippen molar-refractivity contribution in [3.8, 4) is 0 Å². The lowest BCUT2D eigenvalue weighted by atomic mass is 10.2. The predicted molar refractivity (Wildman–Crippen MR) is 58.0 cm³/mol. The molecule has 92 valence electrons. The largest absolute Gasteiger partial charge is 0.374 e. The van der Waals surface area contributed by atoms with E-state index in [1.165, 1.54) is 0 Å². The minimum absolute atomic E-state index is 0. The Labute approximate surface area is 95.6 Å². The zero-order chi connectivity index (χ0) is 10.4.